The van der Waals surface area contributed by atoms with Crippen LogP contribution in [-0.4, -0.2) is 25.2 Å². The molecule has 0 bridgehead atoms. The molecular formula is C16H18N2O4S. The summed E-state index contributed by atoms with van der Waals surface area (Å²) in [6.07, 6.45) is 2.24. The fourth-order valence-corrected chi connectivity index (χ4v) is 4.74. The monoisotopic (exact) mass is 334 g/mol. The van der Waals surface area contributed by atoms with Crippen LogP contribution in [-0.2, 0) is 21.1 Å². The van der Waals surface area contributed by atoms with E-state index in [1.54, 1.807) is 13.0 Å². The molecule has 0 spiro atoms. The van der Waals surface area contributed by atoms with Crippen molar-refractivity contribution < 1.29 is 17.7 Å². The third kappa shape index (κ3) is 3.44. The highest BCUT2D eigenvalue weighted by Gasteiger charge is 2.33. The molecular weight excluding hydrogens is 316 g/mol. The summed E-state index contributed by atoms with van der Waals surface area (Å²) in [6.45, 7) is 1.72. The summed E-state index contributed by atoms with van der Waals surface area (Å²) in [7, 11) is -3.58. The highest BCUT2D eigenvalue weighted by atomic mass is 32.2. The van der Waals surface area contributed by atoms with Crippen LogP contribution in [0.2, 0.25) is 0 Å². The van der Waals surface area contributed by atoms with E-state index in [1.807, 2.05) is 24.3 Å². The van der Waals surface area contributed by atoms with Crippen LogP contribution in [0.5, 0.6) is 0 Å². The largest absolute Gasteiger partial charge is 0.338 e. The van der Waals surface area contributed by atoms with Gasteiger partial charge in [0.1, 0.15) is 5.75 Å². The lowest BCUT2D eigenvalue weighted by Gasteiger charge is -2.25. The van der Waals surface area contributed by atoms with Gasteiger partial charge < -0.3 is 4.52 Å². The average molecular weight is 334 g/mol. The predicted molar refractivity (Wildman–Crippen MR) is 85.8 cm³/mol. The molecule has 1 aliphatic carbocycles. The molecule has 0 aliphatic heterocycles. The molecule has 1 atom stereocenters. The van der Waals surface area contributed by atoms with Crippen LogP contribution in [0.25, 0.3) is 0 Å². The fraction of sp³-hybridized carbons (Fsp3) is 0.375. The van der Waals surface area contributed by atoms with Gasteiger partial charge in [0, 0.05) is 6.07 Å². The summed E-state index contributed by atoms with van der Waals surface area (Å²) in [5.74, 6) is -1.01. The number of rotatable bonds is 4. The number of hydrogen-bond acceptors (Lipinski definition) is 5. The lowest BCUT2D eigenvalue weighted by molar-refractivity contribution is -0.114. The van der Waals surface area contributed by atoms with Crippen molar-refractivity contribution in [2.75, 3.05) is 11.1 Å². The van der Waals surface area contributed by atoms with Crippen molar-refractivity contribution in [1.29, 1.82) is 0 Å². The molecule has 7 heteroatoms. The van der Waals surface area contributed by atoms with Crippen LogP contribution < -0.4 is 5.32 Å². The molecule has 6 nitrogen and oxygen atoms in total. The first-order valence-electron chi connectivity index (χ1n) is 7.48. The van der Waals surface area contributed by atoms with Crippen molar-refractivity contribution in [3.8, 4) is 0 Å². The molecule has 23 heavy (non-hydrogen) atoms. The quantitative estimate of drug-likeness (QED) is 0.927. The van der Waals surface area contributed by atoms with Crippen molar-refractivity contribution in [2.45, 2.75) is 31.4 Å². The fourth-order valence-electron chi connectivity index (χ4n) is 2.96. The van der Waals surface area contributed by atoms with E-state index in [0.29, 0.717) is 12.1 Å². The summed E-state index contributed by atoms with van der Waals surface area (Å²) >= 11 is 0. The number of hydrogen-bond donors (Lipinski definition) is 1. The smallest absolute Gasteiger partial charge is 0.241 e. The summed E-state index contributed by atoms with van der Waals surface area (Å²) in [5, 5.41) is 5.47. The SMILES string of the molecule is Cc1cc(NC(=O)CS(=O)(=O)[C@H]2CCCc3ccccc32)on1. The minimum absolute atomic E-state index is 0.159. The molecule has 0 fully saturated rings. The van der Waals surface area contributed by atoms with Crippen LogP contribution in [0, 0.1) is 6.92 Å². The Morgan fingerprint density at radius 3 is 2.91 bits per heavy atom. The number of sulfone groups is 1. The third-order valence-corrected chi connectivity index (χ3v) is 5.99. The molecule has 1 heterocycles. The molecule has 0 unspecified atom stereocenters. The summed E-state index contributed by atoms with van der Waals surface area (Å²) in [4.78, 5) is 12.0. The number of nitrogens with zero attached hydrogens (tertiary/aromatic N) is 1. The van der Waals surface area contributed by atoms with Crippen molar-refractivity contribution in [3.63, 3.8) is 0 Å². The van der Waals surface area contributed by atoms with Gasteiger partial charge in [0.25, 0.3) is 0 Å². The Hall–Kier alpha value is -2.15. The number of carbonyl (C=O) groups is 1. The molecule has 1 N–H and O–H groups in total. The third-order valence-electron chi connectivity index (χ3n) is 3.97. The maximum Gasteiger partial charge on any atom is 0.241 e. The van der Waals surface area contributed by atoms with E-state index in [-0.39, 0.29) is 5.88 Å². The molecule has 1 aromatic heterocycles. The van der Waals surface area contributed by atoms with Gasteiger partial charge in [0.2, 0.25) is 11.8 Å². The van der Waals surface area contributed by atoms with Gasteiger partial charge in [-0.3, -0.25) is 10.1 Å². The first-order chi connectivity index (χ1) is 11.0. The van der Waals surface area contributed by atoms with Crippen LogP contribution >= 0.6 is 0 Å². The molecule has 122 valence electrons. The van der Waals surface area contributed by atoms with E-state index < -0.39 is 26.7 Å². The lowest BCUT2D eigenvalue weighted by atomic mass is 9.91. The predicted octanol–water partition coefficient (Wildman–Crippen LogP) is 2.41. The summed E-state index contributed by atoms with van der Waals surface area (Å²) in [6, 6.07) is 9.08. The van der Waals surface area contributed by atoms with Crippen molar-refractivity contribution in [3.05, 3.63) is 47.2 Å². The van der Waals surface area contributed by atoms with Gasteiger partial charge in [-0.25, -0.2) is 8.42 Å². The van der Waals surface area contributed by atoms with E-state index >= 15 is 0 Å². The maximum absolute atomic E-state index is 12.6. The highest BCUT2D eigenvalue weighted by molar-refractivity contribution is 7.92. The molecule has 1 amide bonds. The van der Waals surface area contributed by atoms with Crippen molar-refractivity contribution >= 4 is 21.6 Å². The number of benzene rings is 1. The van der Waals surface area contributed by atoms with Gasteiger partial charge in [-0.15, -0.1) is 0 Å². The Kier molecular flexibility index (Phi) is 4.21. The molecule has 0 radical (unpaired) electrons. The minimum Gasteiger partial charge on any atom is -0.338 e. The highest BCUT2D eigenvalue weighted by Crippen LogP contribution is 2.35. The van der Waals surface area contributed by atoms with Gasteiger partial charge in [-0.2, -0.15) is 0 Å². The Morgan fingerprint density at radius 2 is 2.17 bits per heavy atom. The lowest BCUT2D eigenvalue weighted by Crippen LogP contribution is -2.28. The second-order valence-electron chi connectivity index (χ2n) is 5.77. The Labute approximate surface area is 134 Å². The Balaban J connectivity index is 1.76. The van der Waals surface area contributed by atoms with E-state index in [0.717, 1.165) is 24.0 Å². The van der Waals surface area contributed by atoms with Crippen LogP contribution in [0.15, 0.2) is 34.9 Å². The van der Waals surface area contributed by atoms with E-state index in [2.05, 4.69) is 10.5 Å². The minimum atomic E-state index is -3.58. The number of nitrogens with one attached hydrogen (secondary N) is 1. The van der Waals surface area contributed by atoms with Gasteiger partial charge >= 0.3 is 0 Å². The average Bonchev–Trinajstić information content (AvgIpc) is 2.91. The zero-order valence-corrected chi connectivity index (χ0v) is 13.6. The molecule has 0 saturated carbocycles. The Bertz CT molecular complexity index is 826. The van der Waals surface area contributed by atoms with E-state index in [4.69, 9.17) is 4.52 Å². The van der Waals surface area contributed by atoms with Gasteiger partial charge in [0.05, 0.1) is 10.9 Å². The molecule has 2 aromatic rings. The molecule has 1 aromatic carbocycles. The Morgan fingerprint density at radius 1 is 1.39 bits per heavy atom. The number of aryl methyl sites for hydroxylation is 2. The second kappa shape index (κ2) is 6.16. The normalized spacial score (nSPS) is 17.5. The number of carbonyl (C=O) groups excluding carboxylic acids is 1. The topological polar surface area (TPSA) is 89.3 Å². The maximum atomic E-state index is 12.6. The molecule has 1 aliphatic rings. The van der Waals surface area contributed by atoms with E-state index in [1.165, 1.54) is 0 Å². The molecule has 0 saturated heterocycles. The van der Waals surface area contributed by atoms with Crippen molar-refractivity contribution in [2.24, 2.45) is 0 Å². The molecule has 3 rings (SSSR count). The van der Waals surface area contributed by atoms with Crippen LogP contribution in [0.4, 0.5) is 5.88 Å². The second-order valence-corrected chi connectivity index (χ2v) is 7.95. The van der Waals surface area contributed by atoms with Crippen LogP contribution in [0.1, 0.15) is 34.9 Å². The van der Waals surface area contributed by atoms with Crippen LogP contribution in [0.3, 0.4) is 0 Å². The summed E-state index contributed by atoms with van der Waals surface area (Å²) < 4.78 is 30.2. The van der Waals surface area contributed by atoms with Gasteiger partial charge in [-0.05, 0) is 37.3 Å². The van der Waals surface area contributed by atoms with Crippen molar-refractivity contribution in [1.82, 2.24) is 5.16 Å². The van der Waals surface area contributed by atoms with Gasteiger partial charge in [-0.1, -0.05) is 29.4 Å². The standard InChI is InChI=1S/C16H18N2O4S/c1-11-9-16(22-18-11)17-15(19)10-23(20,21)14-8-4-6-12-5-2-3-7-13(12)14/h2-3,5,7,9,14H,4,6,8,10H2,1H3,(H,17,19)/t14-/m0/s1. The zero-order chi connectivity index (χ0) is 16.4. The van der Waals surface area contributed by atoms with Gasteiger partial charge in [0.15, 0.2) is 9.84 Å². The first kappa shape index (κ1) is 15.7. The number of aromatic nitrogens is 1. The van der Waals surface area contributed by atoms with E-state index in [9.17, 15) is 13.2 Å². The zero-order valence-electron chi connectivity index (χ0n) is 12.8. The number of anilines is 1. The number of amides is 1. The first-order valence-corrected chi connectivity index (χ1v) is 9.20. The number of fused-ring (bicyclic) bond motifs is 1. The summed E-state index contributed by atoms with van der Waals surface area (Å²) in [5.41, 5.74) is 2.49.